The fourth-order valence-corrected chi connectivity index (χ4v) is 2.43. The first-order valence-electron chi connectivity index (χ1n) is 6.11. The van der Waals surface area contributed by atoms with E-state index in [0.29, 0.717) is 17.1 Å². The van der Waals surface area contributed by atoms with E-state index < -0.39 is 5.82 Å². The number of nitrogens with zero attached hydrogens (tertiary/aromatic N) is 2. The predicted molar refractivity (Wildman–Crippen MR) is 77.2 cm³/mol. The Labute approximate surface area is 120 Å². The summed E-state index contributed by atoms with van der Waals surface area (Å²) in [4.78, 5) is 0. The maximum absolute atomic E-state index is 14.1. The quantitative estimate of drug-likeness (QED) is 0.687. The molecule has 1 aromatic heterocycles. The minimum Gasteiger partial charge on any atom is -0.343 e. The number of halogens is 2. The van der Waals surface area contributed by atoms with Crippen LogP contribution in [-0.2, 0) is 6.54 Å². The van der Waals surface area contributed by atoms with Crippen LogP contribution in [0, 0.1) is 17.1 Å². The molecule has 0 aliphatic heterocycles. The highest BCUT2D eigenvalue weighted by molar-refractivity contribution is 6.31. The van der Waals surface area contributed by atoms with E-state index in [2.05, 4.69) is 0 Å². The second kappa shape index (κ2) is 4.99. The van der Waals surface area contributed by atoms with Crippen LogP contribution in [0.15, 0.2) is 48.7 Å². The first kappa shape index (κ1) is 12.7. The average molecular weight is 285 g/mol. The van der Waals surface area contributed by atoms with Gasteiger partial charge in [-0.05, 0) is 29.7 Å². The van der Waals surface area contributed by atoms with Gasteiger partial charge in [-0.15, -0.1) is 0 Å². The molecule has 0 N–H and O–H groups in total. The van der Waals surface area contributed by atoms with Crippen molar-refractivity contribution in [1.29, 1.82) is 5.26 Å². The van der Waals surface area contributed by atoms with Gasteiger partial charge in [-0.2, -0.15) is 5.26 Å². The Hall–Kier alpha value is -2.31. The number of nitriles is 1. The topological polar surface area (TPSA) is 28.7 Å². The fourth-order valence-electron chi connectivity index (χ4n) is 2.27. The predicted octanol–water partition coefficient (Wildman–Crippen LogP) is 4.35. The summed E-state index contributed by atoms with van der Waals surface area (Å²) in [5.74, 6) is -0.459. The molecule has 0 saturated heterocycles. The second-order valence-corrected chi connectivity index (χ2v) is 4.97. The number of fused-ring (bicyclic) bond motifs is 1. The lowest BCUT2D eigenvalue weighted by Crippen LogP contribution is -2.02. The van der Waals surface area contributed by atoms with E-state index in [9.17, 15) is 4.39 Å². The van der Waals surface area contributed by atoms with Crippen LogP contribution in [-0.4, -0.2) is 4.57 Å². The molecule has 98 valence electrons. The molecule has 0 unspecified atom stereocenters. The van der Waals surface area contributed by atoms with Crippen molar-refractivity contribution in [3.05, 3.63) is 70.6 Å². The monoisotopic (exact) mass is 284 g/mol. The number of hydrogen-bond acceptors (Lipinski definition) is 1. The van der Waals surface area contributed by atoms with Crippen LogP contribution < -0.4 is 0 Å². The summed E-state index contributed by atoms with van der Waals surface area (Å²) in [6, 6.07) is 14.3. The van der Waals surface area contributed by atoms with Gasteiger partial charge in [-0.1, -0.05) is 29.8 Å². The molecule has 0 spiro atoms. The molecule has 20 heavy (non-hydrogen) atoms. The Morgan fingerprint density at radius 1 is 1.20 bits per heavy atom. The van der Waals surface area contributed by atoms with Gasteiger partial charge in [0.25, 0.3) is 0 Å². The third-order valence-corrected chi connectivity index (χ3v) is 3.51. The van der Waals surface area contributed by atoms with E-state index in [1.165, 1.54) is 6.07 Å². The summed E-state index contributed by atoms with van der Waals surface area (Å²) in [6.07, 6.45) is 1.89. The number of aromatic nitrogens is 1. The van der Waals surface area contributed by atoms with E-state index in [1.807, 2.05) is 41.1 Å². The van der Waals surface area contributed by atoms with Crippen molar-refractivity contribution in [2.45, 2.75) is 6.54 Å². The van der Waals surface area contributed by atoms with E-state index in [4.69, 9.17) is 16.9 Å². The zero-order valence-corrected chi connectivity index (χ0v) is 11.2. The molecule has 3 rings (SSSR count). The maximum Gasteiger partial charge on any atom is 0.145 e. The molecular weight excluding hydrogens is 275 g/mol. The van der Waals surface area contributed by atoms with Gasteiger partial charge in [0.15, 0.2) is 0 Å². The van der Waals surface area contributed by atoms with Crippen molar-refractivity contribution < 1.29 is 4.39 Å². The maximum atomic E-state index is 14.1. The Kier molecular flexibility index (Phi) is 3.17. The SMILES string of the molecule is N#Cc1cccc(Cn2ccc3ccc(Cl)cc32)c1F. The van der Waals surface area contributed by atoms with Crippen molar-refractivity contribution in [3.63, 3.8) is 0 Å². The molecule has 0 aliphatic carbocycles. The van der Waals surface area contributed by atoms with Crippen molar-refractivity contribution >= 4 is 22.5 Å². The van der Waals surface area contributed by atoms with Gasteiger partial charge in [-0.25, -0.2) is 4.39 Å². The highest BCUT2D eigenvalue weighted by Gasteiger charge is 2.09. The van der Waals surface area contributed by atoms with Crippen molar-refractivity contribution in [1.82, 2.24) is 4.57 Å². The molecule has 0 aliphatic rings. The molecule has 0 saturated carbocycles. The van der Waals surface area contributed by atoms with Crippen LogP contribution in [0.2, 0.25) is 5.02 Å². The molecule has 4 heteroatoms. The molecule has 3 aromatic rings. The first-order valence-corrected chi connectivity index (χ1v) is 6.49. The molecule has 2 nitrogen and oxygen atoms in total. The largest absolute Gasteiger partial charge is 0.343 e. The van der Waals surface area contributed by atoms with Crippen molar-refractivity contribution in [2.75, 3.05) is 0 Å². The standard InChI is InChI=1S/C16H10ClFN2/c17-14-5-4-11-6-7-20(15(11)8-14)10-13-3-1-2-12(9-19)16(13)18/h1-8H,10H2. The van der Waals surface area contributed by atoms with E-state index in [0.717, 1.165) is 10.9 Å². The lowest BCUT2D eigenvalue weighted by molar-refractivity contribution is 0.598. The van der Waals surface area contributed by atoms with Gasteiger partial charge in [0.2, 0.25) is 0 Å². The average Bonchev–Trinajstić information content (AvgIpc) is 2.83. The van der Waals surface area contributed by atoms with Gasteiger partial charge >= 0.3 is 0 Å². The summed E-state index contributed by atoms with van der Waals surface area (Å²) in [7, 11) is 0. The van der Waals surface area contributed by atoms with E-state index >= 15 is 0 Å². The first-order chi connectivity index (χ1) is 9.69. The summed E-state index contributed by atoms with van der Waals surface area (Å²) in [5.41, 5.74) is 1.50. The molecular formula is C16H10ClFN2. The van der Waals surface area contributed by atoms with Crippen molar-refractivity contribution in [3.8, 4) is 6.07 Å². The summed E-state index contributed by atoms with van der Waals surface area (Å²) in [5, 5.41) is 10.6. The fraction of sp³-hybridized carbons (Fsp3) is 0.0625. The van der Waals surface area contributed by atoms with Crippen LogP contribution in [0.1, 0.15) is 11.1 Å². The lowest BCUT2D eigenvalue weighted by Gasteiger charge is -2.08. The zero-order valence-electron chi connectivity index (χ0n) is 10.5. The van der Waals surface area contributed by atoms with Gasteiger partial charge in [-0.3, -0.25) is 0 Å². The van der Waals surface area contributed by atoms with Crippen LogP contribution in [0.4, 0.5) is 4.39 Å². The molecule has 0 radical (unpaired) electrons. The highest BCUT2D eigenvalue weighted by atomic mass is 35.5. The molecule has 0 amide bonds. The third kappa shape index (κ3) is 2.15. The Bertz CT molecular complexity index is 830. The minimum atomic E-state index is -0.459. The molecule has 0 fully saturated rings. The number of rotatable bonds is 2. The summed E-state index contributed by atoms with van der Waals surface area (Å²) >= 11 is 6.00. The van der Waals surface area contributed by atoms with Crippen molar-refractivity contribution in [2.24, 2.45) is 0 Å². The minimum absolute atomic E-state index is 0.0667. The molecule has 0 atom stereocenters. The summed E-state index contributed by atoms with van der Waals surface area (Å²) in [6.45, 7) is 0.366. The van der Waals surface area contributed by atoms with E-state index in [-0.39, 0.29) is 5.56 Å². The lowest BCUT2D eigenvalue weighted by atomic mass is 10.1. The Morgan fingerprint density at radius 2 is 2.05 bits per heavy atom. The Morgan fingerprint density at radius 3 is 2.85 bits per heavy atom. The van der Waals surface area contributed by atoms with Gasteiger partial charge < -0.3 is 4.57 Å². The van der Waals surface area contributed by atoms with Gasteiger partial charge in [0, 0.05) is 22.3 Å². The normalized spacial score (nSPS) is 10.7. The van der Waals surface area contributed by atoms with Crippen LogP contribution in [0.3, 0.4) is 0 Å². The van der Waals surface area contributed by atoms with Gasteiger partial charge in [0.05, 0.1) is 12.1 Å². The third-order valence-electron chi connectivity index (χ3n) is 3.28. The number of benzene rings is 2. The molecule has 1 heterocycles. The van der Waals surface area contributed by atoms with Crippen LogP contribution in [0.5, 0.6) is 0 Å². The molecule has 2 aromatic carbocycles. The second-order valence-electron chi connectivity index (χ2n) is 4.54. The van der Waals surface area contributed by atoms with Gasteiger partial charge in [0.1, 0.15) is 11.9 Å². The Balaban J connectivity index is 2.06. The smallest absolute Gasteiger partial charge is 0.145 e. The van der Waals surface area contributed by atoms with E-state index in [1.54, 1.807) is 12.1 Å². The molecule has 0 bridgehead atoms. The highest BCUT2D eigenvalue weighted by Crippen LogP contribution is 2.22. The van der Waals surface area contributed by atoms with Crippen LogP contribution >= 0.6 is 11.6 Å². The number of hydrogen-bond donors (Lipinski definition) is 0. The zero-order chi connectivity index (χ0) is 14.1. The van der Waals surface area contributed by atoms with Crippen LogP contribution in [0.25, 0.3) is 10.9 Å². The summed E-state index contributed by atoms with van der Waals surface area (Å²) < 4.78 is 16.0.